The third kappa shape index (κ3) is 2.80. The van der Waals surface area contributed by atoms with Crippen LogP contribution in [-0.2, 0) is 9.59 Å². The lowest BCUT2D eigenvalue weighted by Crippen LogP contribution is -2.09. The molecule has 0 atom stereocenters. The minimum atomic E-state index is -1.61. The summed E-state index contributed by atoms with van der Waals surface area (Å²) in [5.41, 5.74) is -0.479. The molecule has 0 spiro atoms. The molecule has 0 aromatic carbocycles. The molecule has 3 N–H and O–H groups in total. The average Bonchev–Trinajstić information content (AvgIpc) is 2.18. The van der Waals surface area contributed by atoms with Crippen molar-refractivity contribution in [2.75, 3.05) is 0 Å². The molecule has 6 heteroatoms. The normalized spacial score (nSPS) is 10.4. The molecule has 0 saturated heterocycles. The summed E-state index contributed by atoms with van der Waals surface area (Å²) in [6, 6.07) is 2.25. The van der Waals surface area contributed by atoms with E-state index >= 15 is 0 Å². The Morgan fingerprint density at radius 3 is 2.60 bits per heavy atom. The fraction of sp³-hybridized carbons (Fsp3) is 0. The van der Waals surface area contributed by atoms with Gasteiger partial charge in [-0.1, -0.05) is 0 Å². The molecule has 1 aromatic heterocycles. The van der Waals surface area contributed by atoms with Crippen molar-refractivity contribution in [3.8, 4) is 5.75 Å². The number of aliphatic carboxylic acids is 1. The number of aromatic hydroxyl groups is 1. The van der Waals surface area contributed by atoms with Gasteiger partial charge in [0, 0.05) is 6.07 Å². The van der Waals surface area contributed by atoms with Gasteiger partial charge in [-0.3, -0.25) is 9.59 Å². The van der Waals surface area contributed by atoms with Gasteiger partial charge in [0.05, 0.1) is 5.69 Å². The Labute approximate surface area is 83.5 Å². The van der Waals surface area contributed by atoms with Gasteiger partial charge in [-0.05, 0) is 18.2 Å². The van der Waals surface area contributed by atoms with Crippen molar-refractivity contribution in [2.45, 2.75) is 0 Å². The molecular weight excluding hydrogens is 202 g/mol. The second-order valence-electron chi connectivity index (χ2n) is 2.62. The lowest BCUT2D eigenvalue weighted by Gasteiger charge is -1.96. The Bertz CT molecular complexity index is 486. The number of aromatic nitrogens is 1. The van der Waals surface area contributed by atoms with E-state index in [1.165, 1.54) is 0 Å². The van der Waals surface area contributed by atoms with E-state index < -0.39 is 17.3 Å². The molecule has 0 bridgehead atoms. The minimum absolute atomic E-state index is 0.0166. The molecule has 0 fully saturated rings. The van der Waals surface area contributed by atoms with Crippen molar-refractivity contribution in [2.24, 2.45) is 0 Å². The first kappa shape index (κ1) is 10.7. The maximum Gasteiger partial charge on any atom is 0.376 e. The van der Waals surface area contributed by atoms with Crippen LogP contribution >= 0.6 is 0 Å². The lowest BCUT2D eigenvalue weighted by molar-refractivity contribution is -0.146. The Morgan fingerprint density at radius 1 is 1.33 bits per heavy atom. The van der Waals surface area contributed by atoms with E-state index in [0.29, 0.717) is 0 Å². The van der Waals surface area contributed by atoms with Crippen molar-refractivity contribution in [1.82, 2.24) is 4.98 Å². The third-order valence-corrected chi connectivity index (χ3v) is 1.54. The van der Waals surface area contributed by atoms with Crippen LogP contribution in [0.25, 0.3) is 6.08 Å². The molecule has 0 aliphatic carbocycles. The molecule has 0 unspecified atom stereocenters. The second kappa shape index (κ2) is 4.23. The highest BCUT2D eigenvalue weighted by Gasteiger charge is 2.06. The van der Waals surface area contributed by atoms with E-state index in [-0.39, 0.29) is 11.4 Å². The van der Waals surface area contributed by atoms with Crippen molar-refractivity contribution < 1.29 is 19.8 Å². The molecule has 0 amide bonds. The topological polar surface area (TPSA) is 107 Å². The first-order chi connectivity index (χ1) is 7.00. The lowest BCUT2D eigenvalue weighted by atomic mass is 10.2. The van der Waals surface area contributed by atoms with Crippen molar-refractivity contribution in [3.05, 3.63) is 34.3 Å². The maximum atomic E-state index is 10.8. The molecule has 1 heterocycles. The molecule has 0 saturated carbocycles. The number of hydrogen-bond acceptors (Lipinski definition) is 4. The maximum absolute atomic E-state index is 10.8. The highest BCUT2D eigenvalue weighted by atomic mass is 16.4. The predicted octanol–water partition coefficient (Wildman–Crippen LogP) is -0.253. The summed E-state index contributed by atoms with van der Waals surface area (Å²) in [7, 11) is 0. The van der Waals surface area contributed by atoms with Crippen molar-refractivity contribution in [3.63, 3.8) is 0 Å². The van der Waals surface area contributed by atoms with Crippen LogP contribution in [0, 0.1) is 0 Å². The molecule has 15 heavy (non-hydrogen) atoms. The van der Waals surface area contributed by atoms with Crippen LogP contribution in [0.2, 0.25) is 0 Å². The fourth-order valence-electron chi connectivity index (χ4n) is 0.840. The van der Waals surface area contributed by atoms with E-state index in [1.807, 2.05) is 0 Å². The summed E-state index contributed by atoms with van der Waals surface area (Å²) in [6.07, 6.45) is 1.76. The van der Waals surface area contributed by atoms with Gasteiger partial charge in [0.15, 0.2) is 0 Å². The first-order valence-electron chi connectivity index (χ1n) is 3.88. The third-order valence-electron chi connectivity index (χ3n) is 1.54. The molecule has 78 valence electrons. The van der Waals surface area contributed by atoms with Gasteiger partial charge >= 0.3 is 5.97 Å². The quantitative estimate of drug-likeness (QED) is 0.469. The number of carboxylic acids is 1. The van der Waals surface area contributed by atoms with E-state index in [0.717, 1.165) is 24.3 Å². The molecule has 1 aromatic rings. The van der Waals surface area contributed by atoms with Gasteiger partial charge in [-0.15, -0.1) is 0 Å². The Kier molecular flexibility index (Phi) is 3.02. The molecule has 0 aliphatic heterocycles. The number of nitrogens with one attached hydrogen (secondary N) is 1. The van der Waals surface area contributed by atoms with Crippen LogP contribution in [-0.4, -0.2) is 26.9 Å². The van der Waals surface area contributed by atoms with Gasteiger partial charge < -0.3 is 15.2 Å². The van der Waals surface area contributed by atoms with Crippen LogP contribution in [0.1, 0.15) is 5.69 Å². The number of ketones is 1. The highest BCUT2D eigenvalue weighted by Crippen LogP contribution is 2.12. The van der Waals surface area contributed by atoms with Gasteiger partial charge in [-0.2, -0.15) is 0 Å². The number of rotatable bonds is 3. The number of carboxylic acid groups (broad SMARTS) is 1. The van der Waals surface area contributed by atoms with Crippen LogP contribution in [0.4, 0.5) is 0 Å². The molecule has 1 rings (SSSR count). The average molecular weight is 209 g/mol. The van der Waals surface area contributed by atoms with Gasteiger partial charge in [-0.25, -0.2) is 4.79 Å². The molecule has 0 radical (unpaired) electrons. The standard InChI is InChI=1S/C9H7NO5/c11-6-3-4-8(13)10-5(6)1-2-7(12)9(14)15/h1-4,11H,(H,10,13)(H,14,15). The van der Waals surface area contributed by atoms with Gasteiger partial charge in [0.2, 0.25) is 5.56 Å². The van der Waals surface area contributed by atoms with Crippen LogP contribution in [0.5, 0.6) is 5.75 Å². The van der Waals surface area contributed by atoms with Crippen LogP contribution in [0.3, 0.4) is 0 Å². The number of aromatic amines is 1. The second-order valence-corrected chi connectivity index (χ2v) is 2.62. The Hall–Kier alpha value is -2.37. The first-order valence-corrected chi connectivity index (χ1v) is 3.88. The number of H-pyrrole nitrogens is 1. The SMILES string of the molecule is O=C(O)C(=O)C=Cc1[nH]c(=O)ccc1O. The smallest absolute Gasteiger partial charge is 0.376 e. The van der Waals surface area contributed by atoms with Gasteiger partial charge in [0.25, 0.3) is 5.78 Å². The Morgan fingerprint density at radius 2 is 2.00 bits per heavy atom. The predicted molar refractivity (Wildman–Crippen MR) is 50.4 cm³/mol. The minimum Gasteiger partial charge on any atom is -0.506 e. The summed E-state index contributed by atoms with van der Waals surface area (Å²) in [5, 5.41) is 17.5. The molecular formula is C9H7NO5. The summed E-state index contributed by atoms with van der Waals surface area (Å²) >= 11 is 0. The number of carbonyl (C=O) groups excluding carboxylic acids is 1. The van der Waals surface area contributed by atoms with Gasteiger partial charge in [0.1, 0.15) is 5.75 Å². The monoisotopic (exact) mass is 209 g/mol. The number of carbonyl (C=O) groups is 2. The van der Waals surface area contributed by atoms with E-state index in [4.69, 9.17) is 5.11 Å². The zero-order valence-electron chi connectivity index (χ0n) is 7.43. The molecule has 0 aliphatic rings. The number of hydrogen-bond donors (Lipinski definition) is 3. The zero-order chi connectivity index (χ0) is 11.4. The summed E-state index contributed by atoms with van der Waals surface area (Å²) in [4.78, 5) is 33.8. The number of pyridine rings is 1. The zero-order valence-corrected chi connectivity index (χ0v) is 7.43. The summed E-state index contributed by atoms with van der Waals surface area (Å²) < 4.78 is 0. The summed E-state index contributed by atoms with van der Waals surface area (Å²) in [6.45, 7) is 0. The Balaban J connectivity index is 2.99. The van der Waals surface area contributed by atoms with Crippen LogP contribution < -0.4 is 5.56 Å². The fourth-order valence-corrected chi connectivity index (χ4v) is 0.840. The summed E-state index contributed by atoms with van der Waals surface area (Å²) in [5.74, 6) is -2.99. The van der Waals surface area contributed by atoms with E-state index in [2.05, 4.69) is 4.98 Å². The van der Waals surface area contributed by atoms with Crippen LogP contribution in [0.15, 0.2) is 23.0 Å². The van der Waals surface area contributed by atoms with Crippen molar-refractivity contribution >= 4 is 17.8 Å². The van der Waals surface area contributed by atoms with E-state index in [1.54, 1.807) is 0 Å². The van der Waals surface area contributed by atoms with Crippen molar-refractivity contribution in [1.29, 1.82) is 0 Å². The van der Waals surface area contributed by atoms with E-state index in [9.17, 15) is 19.5 Å². The highest BCUT2D eigenvalue weighted by molar-refractivity contribution is 6.38. The molecule has 6 nitrogen and oxygen atoms in total. The largest absolute Gasteiger partial charge is 0.506 e.